The van der Waals surface area contributed by atoms with Gasteiger partial charge < -0.3 is 5.32 Å². The molecule has 0 aliphatic heterocycles. The average Bonchev–Trinajstić information content (AvgIpc) is 2.43. The Kier molecular flexibility index (Phi) is 5.59. The molecule has 0 aromatic carbocycles. The van der Waals surface area contributed by atoms with Crippen molar-refractivity contribution in [2.24, 2.45) is 5.92 Å². The number of halogens is 3. The number of alkyl halides is 3. The van der Waals surface area contributed by atoms with Gasteiger partial charge >= 0.3 is 6.18 Å². The van der Waals surface area contributed by atoms with Crippen LogP contribution in [-0.2, 0) is 0 Å². The van der Waals surface area contributed by atoms with Gasteiger partial charge in [0.25, 0.3) is 0 Å². The first-order chi connectivity index (χ1) is 7.53. The molecular weight excluding hydrogens is 215 g/mol. The fourth-order valence-corrected chi connectivity index (χ4v) is 2.63. The standard InChI is InChI=1S/C12H22F3N/c1-2-16-11(9-12(13,14)15)10-7-5-3-4-6-8-10/h10-11,16H,2-9H2,1H3. The fourth-order valence-electron chi connectivity index (χ4n) is 2.63. The van der Waals surface area contributed by atoms with E-state index in [0.29, 0.717) is 6.54 Å². The first kappa shape index (κ1) is 13.8. The summed E-state index contributed by atoms with van der Waals surface area (Å²) in [5.74, 6) is 0.212. The van der Waals surface area contributed by atoms with Crippen molar-refractivity contribution < 1.29 is 13.2 Å². The van der Waals surface area contributed by atoms with Gasteiger partial charge in [0.2, 0.25) is 0 Å². The summed E-state index contributed by atoms with van der Waals surface area (Å²) < 4.78 is 37.3. The quantitative estimate of drug-likeness (QED) is 0.731. The molecule has 16 heavy (non-hydrogen) atoms. The van der Waals surface area contributed by atoms with Gasteiger partial charge in [-0.15, -0.1) is 0 Å². The lowest BCUT2D eigenvalue weighted by atomic mass is 9.89. The van der Waals surface area contributed by atoms with Crippen molar-refractivity contribution in [1.29, 1.82) is 0 Å². The van der Waals surface area contributed by atoms with Gasteiger partial charge in [0.1, 0.15) is 0 Å². The van der Waals surface area contributed by atoms with Crippen LogP contribution in [0.1, 0.15) is 51.9 Å². The van der Waals surface area contributed by atoms with E-state index in [-0.39, 0.29) is 12.0 Å². The van der Waals surface area contributed by atoms with Gasteiger partial charge in [-0.2, -0.15) is 13.2 Å². The van der Waals surface area contributed by atoms with Crippen molar-refractivity contribution >= 4 is 0 Å². The Morgan fingerprint density at radius 1 is 1.12 bits per heavy atom. The predicted molar refractivity (Wildman–Crippen MR) is 59.3 cm³/mol. The zero-order valence-corrected chi connectivity index (χ0v) is 9.95. The Hall–Kier alpha value is -0.250. The van der Waals surface area contributed by atoms with Gasteiger partial charge in [0.05, 0.1) is 6.42 Å². The van der Waals surface area contributed by atoms with Crippen molar-refractivity contribution in [3.8, 4) is 0 Å². The second-order valence-electron chi connectivity index (χ2n) is 4.74. The highest BCUT2D eigenvalue weighted by atomic mass is 19.4. The van der Waals surface area contributed by atoms with Gasteiger partial charge in [-0.05, 0) is 25.3 Å². The Bertz CT molecular complexity index is 183. The van der Waals surface area contributed by atoms with Crippen molar-refractivity contribution in [2.45, 2.75) is 64.1 Å². The van der Waals surface area contributed by atoms with Crippen molar-refractivity contribution in [1.82, 2.24) is 5.32 Å². The summed E-state index contributed by atoms with van der Waals surface area (Å²) in [6, 6.07) is -0.372. The maximum absolute atomic E-state index is 12.4. The second-order valence-corrected chi connectivity index (χ2v) is 4.74. The van der Waals surface area contributed by atoms with Crippen LogP contribution in [0.3, 0.4) is 0 Å². The van der Waals surface area contributed by atoms with Crippen LogP contribution >= 0.6 is 0 Å². The lowest BCUT2D eigenvalue weighted by Crippen LogP contribution is -2.39. The lowest BCUT2D eigenvalue weighted by molar-refractivity contribution is -0.143. The van der Waals surface area contributed by atoms with Crippen LogP contribution in [-0.4, -0.2) is 18.8 Å². The molecule has 0 heterocycles. The summed E-state index contributed by atoms with van der Waals surface area (Å²) in [6.45, 7) is 2.50. The van der Waals surface area contributed by atoms with E-state index in [1.54, 1.807) is 0 Å². The zero-order chi connectivity index (χ0) is 12.0. The number of hydrogen-bond acceptors (Lipinski definition) is 1. The van der Waals surface area contributed by atoms with Gasteiger partial charge in [-0.3, -0.25) is 0 Å². The van der Waals surface area contributed by atoms with Gasteiger partial charge in [-0.25, -0.2) is 0 Å². The molecule has 96 valence electrons. The summed E-state index contributed by atoms with van der Waals surface area (Å²) in [6.07, 6.45) is 1.73. The van der Waals surface area contributed by atoms with Crippen molar-refractivity contribution in [3.05, 3.63) is 0 Å². The molecule has 1 saturated carbocycles. The van der Waals surface area contributed by atoms with Crippen LogP contribution in [0.4, 0.5) is 13.2 Å². The van der Waals surface area contributed by atoms with Crippen molar-refractivity contribution in [3.63, 3.8) is 0 Å². The molecule has 0 aromatic heterocycles. The minimum Gasteiger partial charge on any atom is -0.314 e. The highest BCUT2D eigenvalue weighted by molar-refractivity contribution is 4.80. The van der Waals surface area contributed by atoms with Crippen LogP contribution in [0.5, 0.6) is 0 Å². The summed E-state index contributed by atoms with van der Waals surface area (Å²) >= 11 is 0. The van der Waals surface area contributed by atoms with Crippen LogP contribution < -0.4 is 5.32 Å². The predicted octanol–water partition coefficient (Wildman–Crippen LogP) is 3.89. The minimum absolute atomic E-state index is 0.212. The Morgan fingerprint density at radius 2 is 1.69 bits per heavy atom. The van der Waals surface area contributed by atoms with E-state index >= 15 is 0 Å². The van der Waals surface area contributed by atoms with E-state index in [1.807, 2.05) is 6.92 Å². The summed E-state index contributed by atoms with van der Waals surface area (Å²) in [7, 11) is 0. The molecule has 1 aliphatic carbocycles. The molecule has 1 unspecified atom stereocenters. The largest absolute Gasteiger partial charge is 0.390 e. The molecule has 1 aliphatic rings. The Morgan fingerprint density at radius 3 is 2.12 bits per heavy atom. The summed E-state index contributed by atoms with van der Waals surface area (Å²) in [5.41, 5.74) is 0. The molecule has 1 nitrogen and oxygen atoms in total. The normalized spacial score (nSPS) is 21.8. The molecular formula is C12H22F3N. The summed E-state index contributed by atoms with van der Waals surface area (Å²) in [5, 5.41) is 3.02. The number of nitrogens with one attached hydrogen (secondary N) is 1. The second kappa shape index (κ2) is 6.48. The van der Waals surface area contributed by atoms with Crippen LogP contribution in [0, 0.1) is 5.92 Å². The third kappa shape index (κ3) is 5.19. The van der Waals surface area contributed by atoms with E-state index in [1.165, 1.54) is 12.8 Å². The Balaban J connectivity index is 2.52. The van der Waals surface area contributed by atoms with E-state index in [9.17, 15) is 13.2 Å². The molecule has 0 amide bonds. The first-order valence-electron chi connectivity index (χ1n) is 6.33. The SMILES string of the molecule is CCNC(CC(F)(F)F)C1CCCCCC1. The molecule has 4 heteroatoms. The third-order valence-corrected chi connectivity index (χ3v) is 3.39. The minimum atomic E-state index is -4.04. The molecule has 0 radical (unpaired) electrons. The lowest BCUT2D eigenvalue weighted by Gasteiger charge is -2.27. The number of rotatable bonds is 4. The average molecular weight is 237 g/mol. The van der Waals surface area contributed by atoms with E-state index in [4.69, 9.17) is 0 Å². The monoisotopic (exact) mass is 237 g/mol. The molecule has 1 N–H and O–H groups in total. The first-order valence-corrected chi connectivity index (χ1v) is 6.33. The maximum Gasteiger partial charge on any atom is 0.390 e. The number of hydrogen-bond donors (Lipinski definition) is 1. The molecule has 0 spiro atoms. The fraction of sp³-hybridized carbons (Fsp3) is 1.00. The van der Waals surface area contributed by atoms with Crippen LogP contribution in [0.2, 0.25) is 0 Å². The van der Waals surface area contributed by atoms with E-state index in [0.717, 1.165) is 25.7 Å². The molecule has 1 fully saturated rings. The molecule has 1 rings (SSSR count). The maximum atomic E-state index is 12.4. The van der Waals surface area contributed by atoms with Gasteiger partial charge in [-0.1, -0.05) is 32.6 Å². The van der Waals surface area contributed by atoms with E-state index < -0.39 is 12.6 Å². The third-order valence-electron chi connectivity index (χ3n) is 3.39. The summed E-state index contributed by atoms with van der Waals surface area (Å²) in [4.78, 5) is 0. The zero-order valence-electron chi connectivity index (χ0n) is 9.95. The highest BCUT2D eigenvalue weighted by Crippen LogP contribution is 2.31. The van der Waals surface area contributed by atoms with Crippen LogP contribution in [0.15, 0.2) is 0 Å². The van der Waals surface area contributed by atoms with Crippen LogP contribution in [0.25, 0.3) is 0 Å². The molecule has 0 bridgehead atoms. The van der Waals surface area contributed by atoms with Gasteiger partial charge in [0.15, 0.2) is 0 Å². The molecule has 0 saturated heterocycles. The van der Waals surface area contributed by atoms with E-state index in [2.05, 4.69) is 5.32 Å². The molecule has 0 aromatic rings. The topological polar surface area (TPSA) is 12.0 Å². The highest BCUT2D eigenvalue weighted by Gasteiger charge is 2.35. The smallest absolute Gasteiger partial charge is 0.314 e. The molecule has 1 atom stereocenters. The van der Waals surface area contributed by atoms with Gasteiger partial charge in [0, 0.05) is 6.04 Å². The Labute approximate surface area is 95.8 Å². The van der Waals surface area contributed by atoms with Crippen molar-refractivity contribution in [2.75, 3.05) is 6.54 Å².